The van der Waals surface area contributed by atoms with Crippen LogP contribution in [-0.2, 0) is 14.4 Å². The highest BCUT2D eigenvalue weighted by atomic mass is 35.5. The number of thiocarbonyl (C=S) groups is 3. The van der Waals surface area contributed by atoms with Gasteiger partial charge in [-0.2, -0.15) is 0 Å². The number of aromatic nitrogens is 3. The summed E-state index contributed by atoms with van der Waals surface area (Å²) in [6.07, 6.45) is 11.2. The van der Waals surface area contributed by atoms with Crippen LogP contribution in [0.15, 0.2) is 116 Å². The number of nitrogens with zero attached hydrogens (tertiary/aromatic N) is 9. The van der Waals surface area contributed by atoms with Crippen molar-refractivity contribution >= 4 is 156 Å². The molecular weight excluding hydrogens is 1220 g/mol. The van der Waals surface area contributed by atoms with Crippen molar-refractivity contribution in [3.05, 3.63) is 159 Å². The van der Waals surface area contributed by atoms with Gasteiger partial charge in [-0.15, -0.1) is 0 Å². The molecule has 0 radical (unpaired) electrons. The second-order valence-corrected chi connectivity index (χ2v) is 24.3. The molecule has 444 valence electrons. The van der Waals surface area contributed by atoms with Gasteiger partial charge >= 0.3 is 0 Å². The van der Waals surface area contributed by atoms with Gasteiger partial charge in [-0.05, 0) is 213 Å². The van der Waals surface area contributed by atoms with E-state index in [1.807, 2.05) is 48.5 Å². The Morgan fingerprint density at radius 2 is 0.895 bits per heavy atom. The monoisotopic (exact) mass is 1270 g/mol. The van der Waals surface area contributed by atoms with Crippen molar-refractivity contribution in [2.24, 2.45) is 0 Å². The molecule has 6 saturated heterocycles. The van der Waals surface area contributed by atoms with E-state index in [1.54, 1.807) is 85.1 Å². The molecule has 6 amide bonds. The van der Waals surface area contributed by atoms with Gasteiger partial charge in [0.05, 0.1) is 32.1 Å². The van der Waals surface area contributed by atoms with Crippen LogP contribution in [0.5, 0.6) is 0 Å². The van der Waals surface area contributed by atoms with Gasteiger partial charge in [-0.3, -0.25) is 48.5 Å². The molecule has 3 aromatic heterocycles. The summed E-state index contributed by atoms with van der Waals surface area (Å²) in [5.41, 5.74) is 2.13. The summed E-state index contributed by atoms with van der Waals surface area (Å²) < 4.78 is 13.7. The zero-order valence-electron chi connectivity index (χ0n) is 47.2. The first kappa shape index (κ1) is 61.5. The fourth-order valence-electron chi connectivity index (χ4n) is 11.5. The van der Waals surface area contributed by atoms with Crippen LogP contribution in [0.3, 0.4) is 0 Å². The first-order valence-electron chi connectivity index (χ1n) is 27.8. The number of carbonyl (C=O) groups excluding carboxylic acids is 6. The van der Waals surface area contributed by atoms with E-state index >= 15 is 0 Å². The topological polar surface area (TPSA) is 197 Å². The minimum Gasteiger partial charge on any atom is -0.334 e. The number of pyridine rings is 3. The third-order valence-corrected chi connectivity index (χ3v) is 18.4. The fourth-order valence-corrected chi connectivity index (χ4v) is 13.7. The number of halogens is 4. The lowest BCUT2D eigenvalue weighted by Crippen LogP contribution is -2.49. The minimum absolute atomic E-state index is 0.0511. The summed E-state index contributed by atoms with van der Waals surface area (Å²) >= 11 is 36.2. The maximum absolute atomic E-state index is 13.7. The molecule has 3 N–H and O–H groups in total. The Bertz CT molecular complexity index is 3800. The van der Waals surface area contributed by atoms with Gasteiger partial charge in [0.2, 0.25) is 0 Å². The Morgan fingerprint density at radius 1 is 0.500 bits per heavy atom. The molecule has 6 aromatic rings. The molecule has 3 aromatic carbocycles. The predicted molar refractivity (Wildman–Crippen MR) is 343 cm³/mol. The number of piperidine rings is 3. The van der Waals surface area contributed by atoms with Gasteiger partial charge in [0.1, 0.15) is 28.0 Å². The van der Waals surface area contributed by atoms with Crippen LogP contribution in [0, 0.1) is 12.7 Å². The molecule has 86 heavy (non-hydrogen) atoms. The fraction of sp³-hybridized carbons (Fsp3) is 0.311. The highest BCUT2D eigenvalue weighted by molar-refractivity contribution is 7.81. The number of fused-ring (bicyclic) bond motifs is 3. The smallest absolute Gasteiger partial charge is 0.277 e. The molecule has 0 bridgehead atoms. The average Bonchev–Trinajstić information content (AvgIpc) is 1.65. The van der Waals surface area contributed by atoms with Gasteiger partial charge in [0.15, 0.2) is 26.8 Å². The lowest BCUT2D eigenvalue weighted by Gasteiger charge is -2.36. The molecule has 9 heterocycles. The van der Waals surface area contributed by atoms with E-state index in [-0.39, 0.29) is 40.3 Å². The van der Waals surface area contributed by atoms with E-state index in [0.717, 1.165) is 89.2 Å². The largest absolute Gasteiger partial charge is 0.334 e. The molecule has 6 aliphatic heterocycles. The van der Waals surface area contributed by atoms with Crippen LogP contribution in [-0.4, -0.2) is 117 Å². The summed E-state index contributed by atoms with van der Waals surface area (Å²) in [4.78, 5) is 98.9. The number of anilines is 6. The maximum atomic E-state index is 13.7. The molecule has 6 aliphatic rings. The van der Waals surface area contributed by atoms with Gasteiger partial charge in [-0.1, -0.05) is 46.9 Å². The van der Waals surface area contributed by atoms with E-state index in [4.69, 9.17) is 71.5 Å². The maximum Gasteiger partial charge on any atom is 0.277 e. The lowest BCUT2D eigenvalue weighted by molar-refractivity contribution is -0.125. The number of aryl methyl sites for hydroxylation is 1. The Labute approximate surface area is 527 Å². The van der Waals surface area contributed by atoms with E-state index in [0.29, 0.717) is 70.9 Å². The average molecular weight is 1280 g/mol. The number of hydrogen-bond donors (Lipinski definition) is 3. The summed E-state index contributed by atoms with van der Waals surface area (Å²) in [6, 6.07) is 27.7. The van der Waals surface area contributed by atoms with Crippen molar-refractivity contribution in [2.75, 3.05) is 50.3 Å². The molecule has 3 unspecified atom stereocenters. The summed E-state index contributed by atoms with van der Waals surface area (Å²) in [5, 5.41) is 10.5. The number of benzene rings is 3. The normalized spacial score (nSPS) is 21.4. The SMILES string of the molecule is CC12CCCCN1C(=S)N(c1ccc(NC(=O)c3ccccn3)cc1Cl)C2=O.CC12CCCCN1C(=S)N(c1ccc(NC(=O)c3ncccc3F)cc1Cl)C2=O.Cc1cccc(C(=O)Nc2ccc(N3C(=O)C4(C)CCCCN4C3=S)c(Cl)c2)n1. The van der Waals surface area contributed by atoms with Crippen molar-refractivity contribution < 1.29 is 33.2 Å². The number of nitrogens with one attached hydrogen (secondary N) is 3. The number of amides is 6. The van der Waals surface area contributed by atoms with Gasteiger partial charge < -0.3 is 30.7 Å². The number of hydrogen-bond acceptors (Lipinski definition) is 12. The van der Waals surface area contributed by atoms with E-state index in [2.05, 4.69) is 30.9 Å². The molecule has 0 saturated carbocycles. The van der Waals surface area contributed by atoms with Crippen LogP contribution < -0.4 is 30.7 Å². The molecule has 0 aliphatic carbocycles. The number of rotatable bonds is 9. The first-order valence-corrected chi connectivity index (χ1v) is 30.2. The third-order valence-electron chi connectivity index (χ3n) is 16.3. The molecule has 0 spiro atoms. The molecule has 3 atom stereocenters. The van der Waals surface area contributed by atoms with Crippen molar-refractivity contribution in [1.82, 2.24) is 29.7 Å². The van der Waals surface area contributed by atoms with Crippen molar-refractivity contribution in [3.63, 3.8) is 0 Å². The second-order valence-electron chi connectivity index (χ2n) is 22.0. The molecule has 12 rings (SSSR count). The van der Waals surface area contributed by atoms with Crippen molar-refractivity contribution in [2.45, 2.75) is 102 Å². The molecule has 18 nitrogen and oxygen atoms in total. The third kappa shape index (κ3) is 11.7. The van der Waals surface area contributed by atoms with Crippen LogP contribution in [0.25, 0.3) is 0 Å². The Morgan fingerprint density at radius 3 is 1.27 bits per heavy atom. The van der Waals surface area contributed by atoms with Crippen LogP contribution in [0.4, 0.5) is 38.5 Å². The minimum atomic E-state index is -0.717. The zero-order valence-corrected chi connectivity index (χ0v) is 51.9. The van der Waals surface area contributed by atoms with Crippen LogP contribution in [0.2, 0.25) is 15.1 Å². The first-order chi connectivity index (χ1) is 41.0. The van der Waals surface area contributed by atoms with Gasteiger partial charge in [-0.25, -0.2) is 14.4 Å². The lowest BCUT2D eigenvalue weighted by atomic mass is 9.89. The predicted octanol–water partition coefficient (Wildman–Crippen LogP) is 12.0. The van der Waals surface area contributed by atoms with Gasteiger partial charge in [0.25, 0.3) is 35.4 Å². The van der Waals surface area contributed by atoms with Crippen molar-refractivity contribution in [1.29, 1.82) is 0 Å². The highest BCUT2D eigenvalue weighted by Crippen LogP contribution is 2.45. The van der Waals surface area contributed by atoms with E-state index in [1.165, 1.54) is 33.0 Å². The Hall–Kier alpha value is -7.60. The molecular formula is C61H58Cl3FN12O6S3. The summed E-state index contributed by atoms with van der Waals surface area (Å²) in [5.74, 6) is -2.27. The van der Waals surface area contributed by atoms with Crippen LogP contribution in [0.1, 0.15) is 116 Å². The second kappa shape index (κ2) is 25.0. The standard InChI is InChI=1S/C21H21ClN4O2S.C20H18ClFN4O2S.C20H19ClN4O2S/c1-13-6-5-7-16(23-13)18(27)24-14-8-9-17(15(22)12-14)26-19(28)21(2)10-3-4-11-25(21)20(26)29;1-20-8-2-3-10-25(20)19(29)26(18(20)28)15-7-6-12(11-13(15)21)24-17(27)16-14(22)5-4-9-23-16;1-20-9-3-5-11-24(20)19(28)25(18(20)27)16-8-7-13(12-14(16)21)23-17(26)15-6-2-4-10-22-15/h5-9,12H,3-4,10-11H2,1-2H3,(H,24,27);4-7,9,11H,2-3,8,10H2,1H3,(H,24,27);2,4,6-8,10,12H,3,5,9,11H2,1H3,(H,23,26). The van der Waals surface area contributed by atoms with E-state index < -0.39 is 28.3 Å². The summed E-state index contributed by atoms with van der Waals surface area (Å²) in [7, 11) is 0. The van der Waals surface area contributed by atoms with Crippen molar-refractivity contribution in [3.8, 4) is 0 Å². The Kier molecular flexibility index (Phi) is 17.9. The zero-order chi connectivity index (χ0) is 61.4. The molecule has 6 fully saturated rings. The molecule has 25 heteroatoms. The van der Waals surface area contributed by atoms with Crippen LogP contribution >= 0.6 is 71.5 Å². The summed E-state index contributed by atoms with van der Waals surface area (Å²) in [6.45, 7) is 9.89. The quantitative estimate of drug-likeness (QED) is 0.116. The van der Waals surface area contributed by atoms with Gasteiger partial charge in [0, 0.05) is 54.8 Å². The number of carbonyl (C=O) groups is 6. The van der Waals surface area contributed by atoms with E-state index in [9.17, 15) is 33.2 Å². The Balaban J connectivity index is 0.000000143. The highest BCUT2D eigenvalue weighted by Gasteiger charge is 2.56.